The van der Waals surface area contributed by atoms with Crippen molar-refractivity contribution in [2.75, 3.05) is 6.61 Å². The lowest BCUT2D eigenvalue weighted by Gasteiger charge is -2.35. The lowest BCUT2D eigenvalue weighted by atomic mass is 9.89. The van der Waals surface area contributed by atoms with Crippen LogP contribution in [0, 0.1) is 0 Å². The van der Waals surface area contributed by atoms with Crippen molar-refractivity contribution in [1.82, 2.24) is 0 Å². The van der Waals surface area contributed by atoms with E-state index in [-0.39, 0.29) is 0 Å². The Labute approximate surface area is 95.9 Å². The number of thiophene rings is 1. The highest BCUT2D eigenvalue weighted by molar-refractivity contribution is 7.10. The first kappa shape index (κ1) is 12.7. The second-order valence-corrected chi connectivity index (χ2v) is 4.60. The van der Waals surface area contributed by atoms with E-state index >= 15 is 0 Å². The molecular weight excluding hydrogens is 208 g/mol. The van der Waals surface area contributed by atoms with E-state index in [1.54, 1.807) is 11.3 Å². The van der Waals surface area contributed by atoms with Crippen LogP contribution in [0.3, 0.4) is 0 Å². The van der Waals surface area contributed by atoms with Crippen LogP contribution in [0.2, 0.25) is 0 Å². The van der Waals surface area contributed by atoms with E-state index in [9.17, 15) is 5.11 Å². The minimum absolute atomic E-state index is 0.417. The van der Waals surface area contributed by atoms with Gasteiger partial charge in [0.25, 0.3) is 0 Å². The van der Waals surface area contributed by atoms with Gasteiger partial charge in [-0.15, -0.1) is 11.3 Å². The summed E-state index contributed by atoms with van der Waals surface area (Å²) in [5.74, 6) is 0. The number of ether oxygens (including phenoxy) is 1. The molecule has 0 saturated carbocycles. The molecule has 3 heteroatoms. The van der Waals surface area contributed by atoms with Gasteiger partial charge in [0.2, 0.25) is 0 Å². The highest BCUT2D eigenvalue weighted by atomic mass is 32.1. The lowest BCUT2D eigenvalue weighted by Crippen LogP contribution is -2.38. The van der Waals surface area contributed by atoms with E-state index in [1.807, 2.05) is 24.4 Å². The molecule has 2 nitrogen and oxygen atoms in total. The van der Waals surface area contributed by atoms with Crippen LogP contribution in [0.5, 0.6) is 0 Å². The van der Waals surface area contributed by atoms with Crippen LogP contribution in [0.4, 0.5) is 0 Å². The van der Waals surface area contributed by atoms with Crippen molar-refractivity contribution >= 4 is 11.3 Å². The Morgan fingerprint density at radius 1 is 1.40 bits per heavy atom. The number of rotatable bonds is 6. The summed E-state index contributed by atoms with van der Waals surface area (Å²) in [6.45, 7) is 6.75. The molecule has 1 unspecified atom stereocenters. The second-order valence-electron chi connectivity index (χ2n) is 3.62. The molecule has 0 aliphatic carbocycles. The van der Waals surface area contributed by atoms with Gasteiger partial charge >= 0.3 is 0 Å². The average molecular weight is 228 g/mol. The van der Waals surface area contributed by atoms with Crippen molar-refractivity contribution in [1.29, 1.82) is 0 Å². The largest absolute Gasteiger partial charge is 0.385 e. The molecule has 0 fully saturated rings. The molecule has 1 atom stereocenters. The maximum atomic E-state index is 10.3. The molecule has 0 spiro atoms. The Balaban J connectivity index is 2.88. The topological polar surface area (TPSA) is 29.5 Å². The minimum Gasteiger partial charge on any atom is -0.385 e. The fourth-order valence-corrected chi connectivity index (χ4v) is 2.73. The van der Waals surface area contributed by atoms with E-state index in [1.165, 1.54) is 0 Å². The highest BCUT2D eigenvalue weighted by Gasteiger charge is 2.36. The summed E-state index contributed by atoms with van der Waals surface area (Å²) >= 11 is 1.58. The van der Waals surface area contributed by atoms with E-state index in [0.29, 0.717) is 6.61 Å². The van der Waals surface area contributed by atoms with Crippen LogP contribution in [0.15, 0.2) is 17.5 Å². The molecule has 0 radical (unpaired) electrons. The predicted molar refractivity (Wildman–Crippen MR) is 64.2 cm³/mol. The van der Waals surface area contributed by atoms with Gasteiger partial charge in [-0.05, 0) is 31.2 Å². The van der Waals surface area contributed by atoms with E-state index in [2.05, 4.69) is 13.8 Å². The summed E-state index contributed by atoms with van der Waals surface area (Å²) in [5.41, 5.74) is -0.417. The maximum absolute atomic E-state index is 10.3. The van der Waals surface area contributed by atoms with Crippen LogP contribution >= 0.6 is 11.3 Å². The first-order valence-electron chi connectivity index (χ1n) is 5.55. The number of aliphatic hydroxyl groups excluding tert-OH is 1. The number of hydrogen-bond acceptors (Lipinski definition) is 3. The van der Waals surface area contributed by atoms with Gasteiger partial charge in [0.1, 0.15) is 6.10 Å². The van der Waals surface area contributed by atoms with Gasteiger partial charge in [-0.25, -0.2) is 0 Å². The number of aliphatic hydroxyl groups is 1. The molecule has 1 N–H and O–H groups in total. The highest BCUT2D eigenvalue weighted by Crippen LogP contribution is 2.37. The smallest absolute Gasteiger partial charge is 0.117 e. The molecule has 0 saturated heterocycles. The molecule has 1 rings (SSSR count). The van der Waals surface area contributed by atoms with Crippen LogP contribution in [0.1, 0.15) is 44.6 Å². The molecule has 1 heterocycles. The van der Waals surface area contributed by atoms with Crippen molar-refractivity contribution in [3.05, 3.63) is 22.4 Å². The van der Waals surface area contributed by atoms with Gasteiger partial charge in [-0.1, -0.05) is 19.9 Å². The molecule has 1 aromatic rings. The summed E-state index contributed by atoms with van der Waals surface area (Å²) in [7, 11) is 0. The molecule has 0 aliphatic heterocycles. The third kappa shape index (κ3) is 2.60. The van der Waals surface area contributed by atoms with Crippen LogP contribution in [0.25, 0.3) is 0 Å². The Kier molecular flexibility index (Phi) is 4.77. The first-order chi connectivity index (χ1) is 7.20. The standard InChI is InChI=1S/C12H20O2S/c1-4-12(5-2,14-6-3)11(13)10-8-7-9-15-10/h7-9,11,13H,4-6H2,1-3H3. The zero-order chi connectivity index (χ0) is 11.3. The normalized spacial score (nSPS) is 14.1. The Hall–Kier alpha value is -0.380. The monoisotopic (exact) mass is 228 g/mol. The molecule has 0 aliphatic rings. The minimum atomic E-state index is -0.507. The fourth-order valence-electron chi connectivity index (χ4n) is 1.91. The van der Waals surface area contributed by atoms with Gasteiger partial charge in [0, 0.05) is 11.5 Å². The van der Waals surface area contributed by atoms with E-state index < -0.39 is 11.7 Å². The van der Waals surface area contributed by atoms with Gasteiger partial charge < -0.3 is 9.84 Å². The molecule has 86 valence electrons. The quantitative estimate of drug-likeness (QED) is 0.809. The Morgan fingerprint density at radius 2 is 2.07 bits per heavy atom. The van der Waals surface area contributed by atoms with Crippen LogP contribution in [-0.2, 0) is 4.74 Å². The zero-order valence-electron chi connectivity index (χ0n) is 9.69. The van der Waals surface area contributed by atoms with Crippen molar-refractivity contribution in [2.45, 2.75) is 45.3 Å². The first-order valence-corrected chi connectivity index (χ1v) is 6.43. The fraction of sp³-hybridized carbons (Fsp3) is 0.667. The van der Waals surface area contributed by atoms with Crippen molar-refractivity contribution in [3.8, 4) is 0 Å². The summed E-state index contributed by atoms with van der Waals surface area (Å²) in [6.07, 6.45) is 1.15. The second kappa shape index (κ2) is 5.64. The summed E-state index contributed by atoms with van der Waals surface area (Å²) < 4.78 is 5.77. The average Bonchev–Trinajstić information content (AvgIpc) is 2.78. The van der Waals surface area contributed by atoms with Gasteiger partial charge in [-0.3, -0.25) is 0 Å². The van der Waals surface area contributed by atoms with Crippen molar-refractivity contribution in [2.24, 2.45) is 0 Å². The van der Waals surface area contributed by atoms with Crippen LogP contribution < -0.4 is 0 Å². The van der Waals surface area contributed by atoms with Crippen LogP contribution in [-0.4, -0.2) is 17.3 Å². The molecule has 0 amide bonds. The predicted octanol–water partition coefficient (Wildman–Crippen LogP) is 3.38. The van der Waals surface area contributed by atoms with Gasteiger partial charge in [0.15, 0.2) is 0 Å². The third-order valence-corrected chi connectivity index (χ3v) is 3.86. The van der Waals surface area contributed by atoms with E-state index in [0.717, 1.165) is 17.7 Å². The summed E-state index contributed by atoms with van der Waals surface area (Å²) in [5, 5.41) is 12.3. The van der Waals surface area contributed by atoms with Crippen molar-refractivity contribution in [3.63, 3.8) is 0 Å². The molecule has 0 aromatic carbocycles. The van der Waals surface area contributed by atoms with E-state index in [4.69, 9.17) is 4.74 Å². The third-order valence-electron chi connectivity index (χ3n) is 2.94. The summed E-state index contributed by atoms with van der Waals surface area (Å²) in [6, 6.07) is 3.93. The molecule has 0 bridgehead atoms. The Morgan fingerprint density at radius 3 is 2.47 bits per heavy atom. The zero-order valence-corrected chi connectivity index (χ0v) is 10.5. The molecule has 15 heavy (non-hydrogen) atoms. The van der Waals surface area contributed by atoms with Gasteiger partial charge in [0.05, 0.1) is 5.60 Å². The van der Waals surface area contributed by atoms with Gasteiger partial charge in [-0.2, -0.15) is 0 Å². The van der Waals surface area contributed by atoms with Crippen molar-refractivity contribution < 1.29 is 9.84 Å². The maximum Gasteiger partial charge on any atom is 0.117 e. The molecule has 1 aromatic heterocycles. The number of hydrogen-bond donors (Lipinski definition) is 1. The summed E-state index contributed by atoms with van der Waals surface area (Å²) in [4.78, 5) is 0.993. The Bertz CT molecular complexity index is 265. The lowest BCUT2D eigenvalue weighted by molar-refractivity contribution is -0.126. The SMILES string of the molecule is CCOC(CC)(CC)C(O)c1cccs1. The molecular formula is C12H20O2S.